The number of piperidine rings is 2. The predicted octanol–water partition coefficient (Wildman–Crippen LogP) is 1.68. The van der Waals surface area contributed by atoms with Crippen molar-refractivity contribution in [3.8, 4) is 5.75 Å². The summed E-state index contributed by atoms with van der Waals surface area (Å²) in [5.74, 6) is 0.518. The number of carbonyl (C=O) groups is 2. The van der Waals surface area contributed by atoms with Gasteiger partial charge in [-0.05, 0) is 37.8 Å². The van der Waals surface area contributed by atoms with Crippen LogP contribution in [0.15, 0.2) is 18.2 Å². The molecule has 1 aromatic rings. The first-order chi connectivity index (χ1) is 11.7. The summed E-state index contributed by atoms with van der Waals surface area (Å²) in [6, 6.07) is 5.88. The lowest BCUT2D eigenvalue weighted by Gasteiger charge is -2.40. The maximum atomic E-state index is 12.3. The van der Waals surface area contributed by atoms with Crippen molar-refractivity contribution in [2.45, 2.75) is 38.1 Å². The fraction of sp³-hybridized carbons (Fsp3) is 0.556. The fourth-order valence-corrected chi connectivity index (χ4v) is 3.94. The molecule has 0 saturated carbocycles. The Bertz CT molecular complexity index is 655. The van der Waals surface area contributed by atoms with E-state index in [1.54, 1.807) is 0 Å². The van der Waals surface area contributed by atoms with Crippen LogP contribution in [-0.4, -0.2) is 44.1 Å². The van der Waals surface area contributed by atoms with Crippen molar-refractivity contribution < 1.29 is 14.3 Å². The van der Waals surface area contributed by atoms with Crippen LogP contribution in [0, 0.1) is 0 Å². The van der Waals surface area contributed by atoms with Crippen LogP contribution < -0.4 is 19.9 Å². The lowest BCUT2D eigenvalue weighted by atomic mass is 10.0. The van der Waals surface area contributed by atoms with Crippen LogP contribution in [0.3, 0.4) is 0 Å². The number of anilines is 2. The zero-order valence-corrected chi connectivity index (χ0v) is 13.8. The average Bonchev–Trinajstić information content (AvgIpc) is 2.62. The number of nitrogens with one attached hydrogen (secondary N) is 1. The van der Waals surface area contributed by atoms with Gasteiger partial charge in [0.25, 0.3) is 0 Å². The molecule has 0 spiro atoms. The third-order valence-electron chi connectivity index (χ3n) is 5.14. The zero-order valence-electron chi connectivity index (χ0n) is 13.8. The van der Waals surface area contributed by atoms with E-state index in [4.69, 9.17) is 4.74 Å². The van der Waals surface area contributed by atoms with Crippen molar-refractivity contribution in [3.05, 3.63) is 18.2 Å². The third-order valence-corrected chi connectivity index (χ3v) is 5.14. The van der Waals surface area contributed by atoms with E-state index >= 15 is 0 Å². The highest BCUT2D eigenvalue weighted by Gasteiger charge is 2.35. The summed E-state index contributed by atoms with van der Waals surface area (Å²) in [6.07, 6.45) is 4.67. The van der Waals surface area contributed by atoms with Gasteiger partial charge in [-0.2, -0.15) is 0 Å². The number of nitrogens with zero attached hydrogens (tertiary/aromatic N) is 2. The van der Waals surface area contributed by atoms with Gasteiger partial charge < -0.3 is 14.5 Å². The van der Waals surface area contributed by atoms with E-state index < -0.39 is 0 Å². The van der Waals surface area contributed by atoms with Crippen LogP contribution in [0.2, 0.25) is 0 Å². The Labute approximate surface area is 141 Å². The van der Waals surface area contributed by atoms with Gasteiger partial charge in [0, 0.05) is 19.5 Å². The molecular weight excluding hydrogens is 306 g/mol. The topological polar surface area (TPSA) is 61.9 Å². The number of ether oxygens (including phenoxy) is 1. The van der Waals surface area contributed by atoms with Gasteiger partial charge in [0.15, 0.2) is 5.75 Å². The fourth-order valence-electron chi connectivity index (χ4n) is 3.94. The summed E-state index contributed by atoms with van der Waals surface area (Å²) in [5, 5.41) is 2.46. The first-order valence-corrected chi connectivity index (χ1v) is 8.85. The van der Waals surface area contributed by atoms with Gasteiger partial charge >= 0.3 is 0 Å². The van der Waals surface area contributed by atoms with Crippen LogP contribution in [-0.2, 0) is 9.59 Å². The second kappa shape index (κ2) is 6.34. The quantitative estimate of drug-likeness (QED) is 0.837. The monoisotopic (exact) mass is 329 g/mol. The van der Waals surface area contributed by atoms with E-state index in [1.807, 2.05) is 12.1 Å². The Morgan fingerprint density at radius 2 is 1.83 bits per heavy atom. The number of hydrogen-bond acceptors (Lipinski definition) is 5. The Morgan fingerprint density at radius 3 is 2.62 bits per heavy atom. The largest absolute Gasteiger partial charge is 0.487 e. The molecule has 1 atom stereocenters. The number of fused-ring (bicyclic) bond motifs is 1. The Hall–Kier alpha value is -2.24. The van der Waals surface area contributed by atoms with E-state index in [1.165, 1.54) is 19.3 Å². The van der Waals surface area contributed by atoms with Crippen molar-refractivity contribution in [1.82, 2.24) is 5.32 Å². The molecule has 0 aliphatic carbocycles. The molecule has 6 nitrogen and oxygen atoms in total. The van der Waals surface area contributed by atoms with Gasteiger partial charge in [0.1, 0.15) is 12.6 Å². The first-order valence-electron chi connectivity index (χ1n) is 8.85. The molecule has 3 aliphatic heterocycles. The average molecular weight is 329 g/mol. The lowest BCUT2D eigenvalue weighted by Crippen LogP contribution is -2.54. The molecule has 4 rings (SSSR count). The van der Waals surface area contributed by atoms with Crippen molar-refractivity contribution >= 4 is 23.2 Å². The Kier molecular flexibility index (Phi) is 4.04. The minimum absolute atomic E-state index is 0.174. The van der Waals surface area contributed by atoms with E-state index in [0.717, 1.165) is 30.2 Å². The molecule has 1 N–H and O–H groups in total. The van der Waals surface area contributed by atoms with Crippen molar-refractivity contribution in [2.75, 3.05) is 36.0 Å². The SMILES string of the molecule is O=C1CCC(N2CCOc3c(N4CCCCC4)cccc32)C(=O)N1. The molecule has 0 aromatic heterocycles. The van der Waals surface area contributed by atoms with Crippen molar-refractivity contribution in [3.63, 3.8) is 0 Å². The van der Waals surface area contributed by atoms with Gasteiger partial charge in [-0.25, -0.2) is 0 Å². The molecule has 3 heterocycles. The summed E-state index contributed by atoms with van der Waals surface area (Å²) in [4.78, 5) is 28.2. The van der Waals surface area contributed by atoms with Gasteiger partial charge in [-0.1, -0.05) is 6.07 Å². The molecule has 0 bridgehead atoms. The highest BCUT2D eigenvalue weighted by Crippen LogP contribution is 2.42. The molecule has 1 unspecified atom stereocenters. The molecule has 6 heteroatoms. The normalized spacial score (nSPS) is 24.2. The molecule has 128 valence electrons. The summed E-state index contributed by atoms with van der Waals surface area (Å²) in [6.45, 7) is 3.34. The van der Waals surface area contributed by atoms with Crippen LogP contribution in [0.1, 0.15) is 32.1 Å². The van der Waals surface area contributed by atoms with Gasteiger partial charge in [0.05, 0.1) is 17.9 Å². The van der Waals surface area contributed by atoms with Gasteiger partial charge in [-0.3, -0.25) is 14.9 Å². The van der Waals surface area contributed by atoms with E-state index in [2.05, 4.69) is 21.2 Å². The second-order valence-corrected chi connectivity index (χ2v) is 6.68. The molecule has 2 amide bonds. The number of benzene rings is 1. The summed E-state index contributed by atoms with van der Waals surface area (Å²) in [5.41, 5.74) is 2.10. The second-order valence-electron chi connectivity index (χ2n) is 6.68. The van der Waals surface area contributed by atoms with E-state index in [9.17, 15) is 9.59 Å². The number of hydrogen-bond donors (Lipinski definition) is 1. The molecule has 24 heavy (non-hydrogen) atoms. The Balaban J connectivity index is 1.65. The smallest absolute Gasteiger partial charge is 0.249 e. The Morgan fingerprint density at radius 1 is 1.04 bits per heavy atom. The lowest BCUT2D eigenvalue weighted by molar-refractivity contribution is -0.134. The first kappa shape index (κ1) is 15.3. The summed E-state index contributed by atoms with van der Waals surface area (Å²) < 4.78 is 6.00. The highest BCUT2D eigenvalue weighted by atomic mass is 16.5. The predicted molar refractivity (Wildman–Crippen MR) is 91.5 cm³/mol. The van der Waals surface area contributed by atoms with Gasteiger partial charge in [-0.15, -0.1) is 0 Å². The molecule has 2 saturated heterocycles. The minimum atomic E-state index is -0.290. The molecule has 2 fully saturated rings. The standard InChI is InChI=1S/C18H23N3O3/c22-16-8-7-15(18(23)19-16)21-11-12-24-17-13(5-4-6-14(17)21)20-9-2-1-3-10-20/h4-6,15H,1-3,7-12H2,(H,19,22,23). The molecule has 0 radical (unpaired) electrons. The molecular formula is C18H23N3O3. The van der Waals surface area contributed by atoms with Crippen LogP contribution >= 0.6 is 0 Å². The third kappa shape index (κ3) is 2.70. The zero-order chi connectivity index (χ0) is 16.5. The maximum Gasteiger partial charge on any atom is 0.249 e. The van der Waals surface area contributed by atoms with Crippen molar-refractivity contribution in [2.24, 2.45) is 0 Å². The number of carbonyl (C=O) groups excluding carboxylic acids is 2. The minimum Gasteiger partial charge on any atom is -0.487 e. The van der Waals surface area contributed by atoms with Crippen molar-refractivity contribution in [1.29, 1.82) is 0 Å². The number of imide groups is 1. The van der Waals surface area contributed by atoms with Crippen LogP contribution in [0.5, 0.6) is 5.75 Å². The van der Waals surface area contributed by atoms with Crippen LogP contribution in [0.4, 0.5) is 11.4 Å². The van der Waals surface area contributed by atoms with E-state index in [0.29, 0.717) is 26.0 Å². The number of amides is 2. The summed E-state index contributed by atoms with van der Waals surface area (Å²) >= 11 is 0. The van der Waals surface area contributed by atoms with Crippen LogP contribution in [0.25, 0.3) is 0 Å². The van der Waals surface area contributed by atoms with Gasteiger partial charge in [0.2, 0.25) is 11.8 Å². The molecule has 1 aromatic carbocycles. The number of para-hydroxylation sites is 1. The summed E-state index contributed by atoms with van der Waals surface area (Å²) in [7, 11) is 0. The number of rotatable bonds is 2. The maximum absolute atomic E-state index is 12.3. The van der Waals surface area contributed by atoms with E-state index in [-0.39, 0.29) is 17.9 Å². The highest BCUT2D eigenvalue weighted by molar-refractivity contribution is 6.02. The molecule has 3 aliphatic rings.